The van der Waals surface area contributed by atoms with Gasteiger partial charge in [0.2, 0.25) is 0 Å². The summed E-state index contributed by atoms with van der Waals surface area (Å²) in [4.78, 5) is 24.1. The second kappa shape index (κ2) is 10.8. The maximum absolute atomic E-state index is 6.72. The van der Waals surface area contributed by atoms with E-state index in [2.05, 4.69) is 77.7 Å². The first kappa shape index (κ1) is 29.6. The maximum atomic E-state index is 6.72. The van der Waals surface area contributed by atoms with E-state index in [1.165, 1.54) is 24.7 Å². The molecule has 2 aliphatic heterocycles. The average Bonchev–Trinajstić information content (AvgIpc) is 3.68. The van der Waals surface area contributed by atoms with E-state index >= 15 is 0 Å². The normalized spacial score (nSPS) is 28.4. The Labute approximate surface area is 258 Å². The highest BCUT2D eigenvalue weighted by Crippen LogP contribution is 2.45. The Morgan fingerprint density at radius 1 is 1.11 bits per heavy atom. The number of nitrogen functional groups attached to an aromatic ring is 1. The quantitative estimate of drug-likeness (QED) is 0.282. The number of aryl methyl sites for hydroxylation is 1. The summed E-state index contributed by atoms with van der Waals surface area (Å²) in [7, 11) is 0. The maximum Gasteiger partial charge on any atom is 0.167 e. The largest absolute Gasteiger partial charge is 0.382 e. The van der Waals surface area contributed by atoms with Crippen molar-refractivity contribution < 1.29 is 14.2 Å². The number of anilines is 1. The molecule has 11 heteroatoms. The van der Waals surface area contributed by atoms with Crippen LogP contribution in [0.5, 0.6) is 0 Å². The second-order valence-electron chi connectivity index (χ2n) is 14.7. The SMILES string of the molecule is CC(C)N(C[C@H]1O[C@@H](n2cnc3c(N)ncnc32)[C@@H]2OC(C)(C)O[C@@H]21)[C@H]1C[C@H](CCc2nc3cc(C(C)(C)C)ccc3[nH]2)C1. The summed E-state index contributed by atoms with van der Waals surface area (Å²) in [6.45, 7) is 16.0. The molecule has 1 aromatic carbocycles. The molecule has 44 heavy (non-hydrogen) atoms. The van der Waals surface area contributed by atoms with Crippen LogP contribution >= 0.6 is 0 Å². The Morgan fingerprint density at radius 2 is 1.89 bits per heavy atom. The number of aromatic nitrogens is 6. The highest BCUT2D eigenvalue weighted by molar-refractivity contribution is 5.81. The standard InChI is InChI=1S/C33H46N8O3/c1-18(2)40(21-12-19(13-21)8-11-25-38-22-10-9-20(32(3,4)5)14-23(22)39-25)15-24-27-28(44-33(6,7)43-27)31(42-24)41-17-37-26-29(34)35-16-36-30(26)41/h9-10,14,16-19,21,24,27-28,31H,8,11-13,15H2,1-7H3,(H,38,39)(H2,34,35,36)/t19-,21-,24-,27-,28-,31-/m1/s1. The van der Waals surface area contributed by atoms with Gasteiger partial charge in [0.1, 0.15) is 36.0 Å². The Morgan fingerprint density at radius 3 is 2.64 bits per heavy atom. The highest BCUT2D eigenvalue weighted by atomic mass is 16.8. The van der Waals surface area contributed by atoms with E-state index in [1.807, 2.05) is 18.4 Å². The number of hydrogen-bond donors (Lipinski definition) is 2. The lowest BCUT2D eigenvalue weighted by atomic mass is 9.76. The smallest absolute Gasteiger partial charge is 0.167 e. The number of nitrogens with two attached hydrogens (primary N) is 1. The average molecular weight is 603 g/mol. The zero-order chi connectivity index (χ0) is 31.0. The molecule has 3 aromatic heterocycles. The zero-order valence-corrected chi connectivity index (χ0v) is 26.9. The van der Waals surface area contributed by atoms with Gasteiger partial charge in [-0.25, -0.2) is 19.9 Å². The molecular weight excluding hydrogens is 556 g/mol. The van der Waals surface area contributed by atoms with Crippen molar-refractivity contribution >= 4 is 28.0 Å². The van der Waals surface area contributed by atoms with Gasteiger partial charge in [-0.3, -0.25) is 9.47 Å². The minimum Gasteiger partial charge on any atom is -0.382 e. The Hall–Kier alpha value is -3.12. The fourth-order valence-corrected chi connectivity index (χ4v) is 7.27. The summed E-state index contributed by atoms with van der Waals surface area (Å²) in [5.74, 6) is 1.43. The molecule has 0 spiro atoms. The number of fused-ring (bicyclic) bond motifs is 3. The Bertz CT molecular complexity index is 1650. The van der Waals surface area contributed by atoms with Gasteiger partial charge >= 0.3 is 0 Å². The molecule has 3 fully saturated rings. The number of aromatic amines is 1. The molecule has 0 amide bonds. The zero-order valence-electron chi connectivity index (χ0n) is 26.9. The molecule has 1 saturated carbocycles. The topological polar surface area (TPSA) is 129 Å². The van der Waals surface area contributed by atoms with Crippen LogP contribution in [0.3, 0.4) is 0 Å². The summed E-state index contributed by atoms with van der Waals surface area (Å²) in [5.41, 5.74) is 10.9. The Kier molecular flexibility index (Phi) is 7.23. The number of H-pyrrole nitrogens is 1. The molecule has 3 aliphatic rings. The van der Waals surface area contributed by atoms with Gasteiger partial charge in [-0.2, -0.15) is 0 Å². The van der Waals surface area contributed by atoms with Crippen LogP contribution in [0.4, 0.5) is 5.82 Å². The third kappa shape index (κ3) is 5.37. The van der Waals surface area contributed by atoms with Crippen molar-refractivity contribution in [2.45, 2.75) is 122 Å². The predicted octanol–water partition coefficient (Wildman–Crippen LogP) is 5.12. The van der Waals surface area contributed by atoms with Crippen LogP contribution in [-0.2, 0) is 26.0 Å². The lowest BCUT2D eigenvalue weighted by Crippen LogP contribution is -2.52. The van der Waals surface area contributed by atoms with Crippen LogP contribution in [0.15, 0.2) is 30.9 Å². The number of nitrogens with zero attached hydrogens (tertiary/aromatic N) is 6. The van der Waals surface area contributed by atoms with Gasteiger partial charge in [0.15, 0.2) is 23.5 Å². The number of imidazole rings is 2. The molecule has 3 N–H and O–H groups in total. The molecule has 0 bridgehead atoms. The van der Waals surface area contributed by atoms with Crippen molar-refractivity contribution in [3.05, 3.63) is 42.2 Å². The van der Waals surface area contributed by atoms with Crippen molar-refractivity contribution in [3.63, 3.8) is 0 Å². The number of benzene rings is 1. The minimum absolute atomic E-state index is 0.117. The molecule has 7 rings (SSSR count). The molecule has 0 radical (unpaired) electrons. The molecule has 4 aromatic rings. The molecule has 5 heterocycles. The van der Waals surface area contributed by atoms with Crippen molar-refractivity contribution in [3.8, 4) is 0 Å². The van der Waals surface area contributed by atoms with Crippen molar-refractivity contribution in [2.24, 2.45) is 5.92 Å². The molecule has 236 valence electrons. The van der Waals surface area contributed by atoms with Gasteiger partial charge in [0, 0.05) is 25.0 Å². The summed E-state index contributed by atoms with van der Waals surface area (Å²) in [5, 5.41) is 0. The van der Waals surface area contributed by atoms with E-state index in [4.69, 9.17) is 24.9 Å². The molecule has 2 saturated heterocycles. The van der Waals surface area contributed by atoms with E-state index in [1.54, 1.807) is 6.33 Å². The first-order chi connectivity index (χ1) is 20.9. The molecule has 11 nitrogen and oxygen atoms in total. The van der Waals surface area contributed by atoms with Gasteiger partial charge in [-0.15, -0.1) is 0 Å². The van der Waals surface area contributed by atoms with Crippen LogP contribution in [0.25, 0.3) is 22.2 Å². The lowest BCUT2D eigenvalue weighted by Gasteiger charge is -2.46. The van der Waals surface area contributed by atoms with Gasteiger partial charge < -0.3 is 24.9 Å². The highest BCUT2D eigenvalue weighted by Gasteiger charge is 2.57. The van der Waals surface area contributed by atoms with Crippen molar-refractivity contribution in [1.29, 1.82) is 0 Å². The number of ether oxygens (including phenoxy) is 3. The van der Waals surface area contributed by atoms with E-state index in [0.29, 0.717) is 35.0 Å². The van der Waals surface area contributed by atoms with Crippen LogP contribution in [0, 0.1) is 5.92 Å². The van der Waals surface area contributed by atoms with Gasteiger partial charge in [-0.05, 0) is 76.0 Å². The molecule has 1 aliphatic carbocycles. The fourth-order valence-electron chi connectivity index (χ4n) is 7.27. The minimum atomic E-state index is -0.699. The van der Waals surface area contributed by atoms with E-state index in [-0.39, 0.29) is 23.7 Å². The second-order valence-corrected chi connectivity index (χ2v) is 14.7. The predicted molar refractivity (Wildman–Crippen MR) is 169 cm³/mol. The molecule has 0 unspecified atom stereocenters. The fraction of sp³-hybridized carbons (Fsp3) is 0.636. The van der Waals surface area contributed by atoms with Gasteiger partial charge in [0.25, 0.3) is 0 Å². The van der Waals surface area contributed by atoms with E-state index < -0.39 is 12.0 Å². The van der Waals surface area contributed by atoms with Crippen LogP contribution in [0.2, 0.25) is 0 Å². The monoisotopic (exact) mass is 602 g/mol. The van der Waals surface area contributed by atoms with Crippen LogP contribution < -0.4 is 5.73 Å². The molecule has 4 atom stereocenters. The van der Waals surface area contributed by atoms with E-state index in [9.17, 15) is 0 Å². The number of nitrogens with one attached hydrogen (secondary N) is 1. The number of rotatable bonds is 8. The summed E-state index contributed by atoms with van der Waals surface area (Å²) >= 11 is 0. The number of hydrogen-bond acceptors (Lipinski definition) is 9. The summed E-state index contributed by atoms with van der Waals surface area (Å²) in [6.07, 6.45) is 6.61. The molecular formula is C33H46N8O3. The van der Waals surface area contributed by atoms with Crippen LogP contribution in [0.1, 0.15) is 85.3 Å². The third-order valence-electron chi connectivity index (χ3n) is 9.71. The first-order valence-electron chi connectivity index (χ1n) is 16.1. The third-order valence-corrected chi connectivity index (χ3v) is 9.71. The van der Waals surface area contributed by atoms with Crippen LogP contribution in [-0.4, -0.2) is 77.1 Å². The summed E-state index contributed by atoms with van der Waals surface area (Å²) in [6, 6.07) is 7.51. The van der Waals surface area contributed by atoms with Crippen molar-refractivity contribution in [2.75, 3.05) is 12.3 Å². The van der Waals surface area contributed by atoms with Gasteiger partial charge in [0.05, 0.1) is 17.4 Å². The summed E-state index contributed by atoms with van der Waals surface area (Å²) < 4.78 is 21.5. The first-order valence-corrected chi connectivity index (χ1v) is 16.1. The lowest BCUT2D eigenvalue weighted by molar-refractivity contribution is -0.199. The Balaban J connectivity index is 1.00. The van der Waals surface area contributed by atoms with E-state index in [0.717, 1.165) is 36.2 Å². The van der Waals surface area contributed by atoms with Crippen molar-refractivity contribution in [1.82, 2.24) is 34.4 Å². The van der Waals surface area contributed by atoms with Gasteiger partial charge in [-0.1, -0.05) is 26.8 Å².